The van der Waals surface area contributed by atoms with Gasteiger partial charge in [0.15, 0.2) is 0 Å². The highest BCUT2D eigenvalue weighted by Gasteiger charge is 2.11. The Hall–Kier alpha value is -1.71. The second-order valence-corrected chi connectivity index (χ2v) is 3.70. The van der Waals surface area contributed by atoms with Crippen molar-refractivity contribution in [2.45, 2.75) is 27.2 Å². The summed E-state index contributed by atoms with van der Waals surface area (Å²) in [5.41, 5.74) is 0.456. The number of ether oxygens (including phenoxy) is 3. The van der Waals surface area contributed by atoms with Gasteiger partial charge in [0, 0.05) is 6.07 Å². The van der Waals surface area contributed by atoms with Crippen LogP contribution in [0.5, 0.6) is 11.5 Å². The lowest BCUT2D eigenvalue weighted by atomic mass is 10.2. The van der Waals surface area contributed by atoms with Crippen molar-refractivity contribution in [3.05, 3.63) is 23.8 Å². The average Bonchev–Trinajstić information content (AvgIpc) is 2.36. The van der Waals surface area contributed by atoms with Gasteiger partial charge in [0.1, 0.15) is 11.5 Å². The fourth-order valence-corrected chi connectivity index (χ4v) is 1.47. The second kappa shape index (κ2) is 7.58. The first-order valence-electron chi connectivity index (χ1n) is 6.29. The van der Waals surface area contributed by atoms with Crippen molar-refractivity contribution in [2.75, 3.05) is 19.8 Å². The quantitative estimate of drug-likeness (QED) is 0.700. The predicted molar refractivity (Wildman–Crippen MR) is 69.4 cm³/mol. The smallest absolute Gasteiger partial charge is 0.338 e. The molecule has 18 heavy (non-hydrogen) atoms. The van der Waals surface area contributed by atoms with Gasteiger partial charge in [-0.15, -0.1) is 0 Å². The Morgan fingerprint density at radius 3 is 2.00 bits per heavy atom. The van der Waals surface area contributed by atoms with Gasteiger partial charge in [-0.05, 0) is 32.4 Å². The monoisotopic (exact) mass is 252 g/mol. The summed E-state index contributed by atoms with van der Waals surface area (Å²) in [5.74, 6) is 0.887. The summed E-state index contributed by atoms with van der Waals surface area (Å²) in [5, 5.41) is 0. The molecule has 0 heterocycles. The Morgan fingerprint density at radius 2 is 1.56 bits per heavy atom. The number of esters is 1. The number of carbonyl (C=O) groups is 1. The first-order chi connectivity index (χ1) is 8.71. The summed E-state index contributed by atoms with van der Waals surface area (Å²) < 4.78 is 15.9. The molecule has 1 aromatic rings. The molecule has 0 aliphatic heterocycles. The first kappa shape index (κ1) is 14.4. The van der Waals surface area contributed by atoms with Gasteiger partial charge in [0.2, 0.25) is 0 Å². The molecule has 0 aliphatic carbocycles. The van der Waals surface area contributed by atoms with E-state index in [1.807, 2.05) is 20.8 Å². The van der Waals surface area contributed by atoms with Crippen LogP contribution in [0.3, 0.4) is 0 Å². The molecule has 0 radical (unpaired) electrons. The molecule has 1 rings (SSSR count). The predicted octanol–water partition coefficient (Wildman–Crippen LogP) is 3.05. The lowest BCUT2D eigenvalue weighted by Crippen LogP contribution is -2.07. The van der Waals surface area contributed by atoms with Gasteiger partial charge in [-0.3, -0.25) is 0 Å². The van der Waals surface area contributed by atoms with Crippen LogP contribution in [0.1, 0.15) is 37.6 Å². The SMILES string of the molecule is CCCOC(=O)c1cc(OCC)cc(OCC)c1. The van der Waals surface area contributed by atoms with Crippen LogP contribution >= 0.6 is 0 Å². The zero-order chi connectivity index (χ0) is 13.4. The first-order valence-corrected chi connectivity index (χ1v) is 6.29. The van der Waals surface area contributed by atoms with E-state index in [9.17, 15) is 4.79 Å². The molecule has 0 unspecified atom stereocenters. The highest BCUT2D eigenvalue weighted by molar-refractivity contribution is 5.90. The Labute approximate surface area is 108 Å². The summed E-state index contributed by atoms with van der Waals surface area (Å²) in [6, 6.07) is 5.11. The van der Waals surface area contributed by atoms with Gasteiger partial charge in [-0.1, -0.05) is 6.92 Å². The number of rotatable bonds is 7. The highest BCUT2D eigenvalue weighted by atomic mass is 16.5. The van der Waals surface area contributed by atoms with Crippen LogP contribution in [0.15, 0.2) is 18.2 Å². The van der Waals surface area contributed by atoms with Crippen LogP contribution in [0.25, 0.3) is 0 Å². The zero-order valence-electron chi connectivity index (χ0n) is 11.2. The maximum Gasteiger partial charge on any atom is 0.338 e. The lowest BCUT2D eigenvalue weighted by Gasteiger charge is -2.10. The van der Waals surface area contributed by atoms with Crippen molar-refractivity contribution >= 4 is 5.97 Å². The average molecular weight is 252 g/mol. The molecule has 0 N–H and O–H groups in total. The number of benzene rings is 1. The fraction of sp³-hybridized carbons (Fsp3) is 0.500. The van der Waals surface area contributed by atoms with E-state index in [1.54, 1.807) is 18.2 Å². The Morgan fingerprint density at radius 1 is 1.00 bits per heavy atom. The molecule has 0 saturated heterocycles. The third-order valence-corrected chi connectivity index (χ3v) is 2.18. The molecule has 1 aromatic carbocycles. The van der Waals surface area contributed by atoms with Gasteiger partial charge in [-0.25, -0.2) is 4.79 Å². The number of hydrogen-bond donors (Lipinski definition) is 0. The van der Waals surface area contributed by atoms with Gasteiger partial charge in [0.05, 0.1) is 25.4 Å². The molecular formula is C14H20O4. The van der Waals surface area contributed by atoms with Crippen molar-refractivity contribution in [2.24, 2.45) is 0 Å². The van der Waals surface area contributed by atoms with E-state index in [0.29, 0.717) is 36.9 Å². The molecule has 0 fully saturated rings. The van der Waals surface area contributed by atoms with Gasteiger partial charge in [-0.2, -0.15) is 0 Å². The maximum atomic E-state index is 11.8. The topological polar surface area (TPSA) is 44.8 Å². The zero-order valence-corrected chi connectivity index (χ0v) is 11.2. The summed E-state index contributed by atoms with van der Waals surface area (Å²) in [6.07, 6.45) is 0.801. The molecule has 0 spiro atoms. The minimum Gasteiger partial charge on any atom is -0.494 e. The van der Waals surface area contributed by atoms with Crippen LogP contribution in [-0.4, -0.2) is 25.8 Å². The van der Waals surface area contributed by atoms with E-state index in [0.717, 1.165) is 6.42 Å². The third-order valence-electron chi connectivity index (χ3n) is 2.18. The minimum absolute atomic E-state index is 0.348. The standard InChI is InChI=1S/C14H20O4/c1-4-7-18-14(15)11-8-12(16-5-2)10-13(9-11)17-6-3/h8-10H,4-7H2,1-3H3. The van der Waals surface area contributed by atoms with Gasteiger partial charge in [0.25, 0.3) is 0 Å². The third kappa shape index (κ3) is 4.28. The highest BCUT2D eigenvalue weighted by Crippen LogP contribution is 2.23. The van der Waals surface area contributed by atoms with Crippen LogP contribution in [-0.2, 0) is 4.74 Å². The van der Waals surface area contributed by atoms with Gasteiger partial charge >= 0.3 is 5.97 Å². The van der Waals surface area contributed by atoms with E-state index < -0.39 is 0 Å². The van der Waals surface area contributed by atoms with Crippen LogP contribution in [0.4, 0.5) is 0 Å². The molecule has 100 valence electrons. The summed E-state index contributed by atoms with van der Waals surface area (Å²) in [6.45, 7) is 7.24. The van der Waals surface area contributed by atoms with Crippen LogP contribution in [0, 0.1) is 0 Å². The maximum absolute atomic E-state index is 11.8. The molecule has 4 heteroatoms. The lowest BCUT2D eigenvalue weighted by molar-refractivity contribution is 0.0504. The Bertz CT molecular complexity index is 363. The molecule has 0 amide bonds. The molecule has 0 bridgehead atoms. The summed E-state index contributed by atoms with van der Waals surface area (Å²) >= 11 is 0. The van der Waals surface area contributed by atoms with E-state index in [-0.39, 0.29) is 5.97 Å². The molecule has 4 nitrogen and oxygen atoms in total. The largest absolute Gasteiger partial charge is 0.494 e. The van der Waals surface area contributed by atoms with E-state index in [4.69, 9.17) is 14.2 Å². The number of hydrogen-bond acceptors (Lipinski definition) is 4. The molecule has 0 aliphatic rings. The van der Waals surface area contributed by atoms with Crippen molar-refractivity contribution in [1.29, 1.82) is 0 Å². The normalized spacial score (nSPS) is 9.94. The summed E-state index contributed by atoms with van der Waals surface area (Å²) in [4.78, 5) is 11.8. The fourth-order valence-electron chi connectivity index (χ4n) is 1.47. The Balaban J connectivity index is 2.90. The molecule has 0 aromatic heterocycles. The number of carbonyl (C=O) groups excluding carboxylic acids is 1. The van der Waals surface area contributed by atoms with E-state index >= 15 is 0 Å². The van der Waals surface area contributed by atoms with Crippen molar-refractivity contribution in [1.82, 2.24) is 0 Å². The second-order valence-electron chi connectivity index (χ2n) is 3.70. The van der Waals surface area contributed by atoms with Crippen LogP contribution < -0.4 is 9.47 Å². The molecule has 0 saturated carbocycles. The van der Waals surface area contributed by atoms with Crippen molar-refractivity contribution < 1.29 is 19.0 Å². The summed E-state index contributed by atoms with van der Waals surface area (Å²) in [7, 11) is 0. The molecular weight excluding hydrogens is 232 g/mol. The van der Waals surface area contributed by atoms with Crippen molar-refractivity contribution in [3.63, 3.8) is 0 Å². The minimum atomic E-state index is -0.348. The van der Waals surface area contributed by atoms with Crippen molar-refractivity contribution in [3.8, 4) is 11.5 Å². The van der Waals surface area contributed by atoms with E-state index in [2.05, 4.69) is 0 Å². The molecule has 0 atom stereocenters. The van der Waals surface area contributed by atoms with E-state index in [1.165, 1.54) is 0 Å². The Kier molecular flexibility index (Phi) is 6.05. The van der Waals surface area contributed by atoms with Crippen LogP contribution in [0.2, 0.25) is 0 Å². The van der Waals surface area contributed by atoms with Gasteiger partial charge < -0.3 is 14.2 Å².